The van der Waals surface area contributed by atoms with E-state index >= 15 is 0 Å². The van der Waals surface area contributed by atoms with Gasteiger partial charge < -0.3 is 5.32 Å². The van der Waals surface area contributed by atoms with Crippen LogP contribution >= 0.6 is 23.2 Å². The second-order valence-corrected chi connectivity index (χ2v) is 5.77. The maximum atomic E-state index is 12.3. The molecule has 4 nitrogen and oxygen atoms in total. The fraction of sp³-hybridized carbons (Fsp3) is 0.0588. The van der Waals surface area contributed by atoms with E-state index in [0.717, 1.165) is 5.56 Å². The topological polar surface area (TPSA) is 46.9 Å². The fourth-order valence-electron chi connectivity index (χ4n) is 2.14. The number of hydrogen-bond donors (Lipinski definition) is 1. The van der Waals surface area contributed by atoms with E-state index in [9.17, 15) is 4.79 Å². The van der Waals surface area contributed by atoms with E-state index in [-0.39, 0.29) is 5.91 Å². The first kappa shape index (κ1) is 15.6. The van der Waals surface area contributed by atoms with Crippen LogP contribution in [-0.4, -0.2) is 15.7 Å². The molecule has 0 unspecified atom stereocenters. The standard InChI is InChI=1S/C17H13Cl2N3O/c18-14-7-5-12(6-8-14)17(23)21-16-9-10-20-22(16)11-13-3-1-2-4-15(13)19/h1-10H,11H2,(H,21,23). The Morgan fingerprint density at radius 1 is 1.04 bits per heavy atom. The van der Waals surface area contributed by atoms with Gasteiger partial charge in [0.05, 0.1) is 12.7 Å². The largest absolute Gasteiger partial charge is 0.307 e. The number of carbonyl (C=O) groups is 1. The lowest BCUT2D eigenvalue weighted by Crippen LogP contribution is -2.16. The van der Waals surface area contributed by atoms with Crippen molar-refractivity contribution in [3.8, 4) is 0 Å². The molecule has 0 spiro atoms. The van der Waals surface area contributed by atoms with Crippen LogP contribution in [0.25, 0.3) is 0 Å². The van der Waals surface area contributed by atoms with Crippen molar-refractivity contribution in [2.45, 2.75) is 6.54 Å². The molecule has 3 rings (SSSR count). The average molecular weight is 346 g/mol. The summed E-state index contributed by atoms with van der Waals surface area (Å²) in [4.78, 5) is 12.3. The number of nitrogens with zero attached hydrogens (tertiary/aromatic N) is 2. The van der Waals surface area contributed by atoms with Crippen molar-refractivity contribution in [3.63, 3.8) is 0 Å². The maximum Gasteiger partial charge on any atom is 0.256 e. The van der Waals surface area contributed by atoms with Gasteiger partial charge in [-0.2, -0.15) is 5.10 Å². The first-order chi connectivity index (χ1) is 11.1. The molecule has 0 saturated carbocycles. The minimum Gasteiger partial charge on any atom is -0.307 e. The maximum absolute atomic E-state index is 12.3. The molecule has 116 valence electrons. The molecule has 0 aliphatic heterocycles. The average Bonchev–Trinajstić information content (AvgIpc) is 2.97. The van der Waals surface area contributed by atoms with Gasteiger partial charge in [-0.1, -0.05) is 41.4 Å². The molecule has 1 aromatic heterocycles. The molecular formula is C17H13Cl2N3O. The number of amides is 1. The molecule has 0 saturated heterocycles. The van der Waals surface area contributed by atoms with Crippen molar-refractivity contribution in [3.05, 3.63) is 82.0 Å². The van der Waals surface area contributed by atoms with Gasteiger partial charge in [0, 0.05) is 21.7 Å². The quantitative estimate of drug-likeness (QED) is 0.757. The number of halogens is 2. The molecule has 1 amide bonds. The Morgan fingerprint density at radius 3 is 2.52 bits per heavy atom. The number of benzene rings is 2. The van der Waals surface area contributed by atoms with E-state index in [1.807, 2.05) is 24.3 Å². The first-order valence-electron chi connectivity index (χ1n) is 6.95. The lowest BCUT2D eigenvalue weighted by atomic mass is 10.2. The van der Waals surface area contributed by atoms with E-state index in [1.54, 1.807) is 41.2 Å². The van der Waals surface area contributed by atoms with Crippen LogP contribution in [-0.2, 0) is 6.54 Å². The summed E-state index contributed by atoms with van der Waals surface area (Å²) < 4.78 is 1.69. The molecule has 0 atom stereocenters. The smallest absolute Gasteiger partial charge is 0.256 e. The van der Waals surface area contributed by atoms with Crippen molar-refractivity contribution >= 4 is 34.9 Å². The third-order valence-electron chi connectivity index (χ3n) is 3.34. The van der Waals surface area contributed by atoms with E-state index in [4.69, 9.17) is 23.2 Å². The van der Waals surface area contributed by atoms with Gasteiger partial charge in [-0.05, 0) is 35.9 Å². The number of rotatable bonds is 4. The van der Waals surface area contributed by atoms with Crippen molar-refractivity contribution in [2.75, 3.05) is 5.32 Å². The third-order valence-corrected chi connectivity index (χ3v) is 3.96. The first-order valence-corrected chi connectivity index (χ1v) is 7.71. The molecular weight excluding hydrogens is 333 g/mol. The summed E-state index contributed by atoms with van der Waals surface area (Å²) in [6.07, 6.45) is 1.63. The summed E-state index contributed by atoms with van der Waals surface area (Å²) in [7, 11) is 0. The highest BCUT2D eigenvalue weighted by Crippen LogP contribution is 2.18. The van der Waals surface area contributed by atoms with Gasteiger partial charge in [0.15, 0.2) is 0 Å². The minimum atomic E-state index is -0.220. The predicted octanol–water partition coefficient (Wildman–Crippen LogP) is 4.49. The number of hydrogen-bond acceptors (Lipinski definition) is 2. The van der Waals surface area contributed by atoms with Crippen LogP contribution in [0.15, 0.2) is 60.8 Å². The monoisotopic (exact) mass is 345 g/mol. The highest BCUT2D eigenvalue weighted by Gasteiger charge is 2.10. The summed E-state index contributed by atoms with van der Waals surface area (Å²) in [6, 6.07) is 16.0. The Hall–Kier alpha value is -2.30. The predicted molar refractivity (Wildman–Crippen MR) is 92.2 cm³/mol. The summed E-state index contributed by atoms with van der Waals surface area (Å²) in [6.45, 7) is 0.475. The van der Waals surface area contributed by atoms with Crippen LogP contribution in [0.1, 0.15) is 15.9 Å². The molecule has 1 heterocycles. The normalized spacial score (nSPS) is 10.5. The molecule has 6 heteroatoms. The lowest BCUT2D eigenvalue weighted by molar-refractivity contribution is 0.102. The molecule has 1 N–H and O–H groups in total. The Balaban J connectivity index is 1.77. The highest BCUT2D eigenvalue weighted by atomic mass is 35.5. The van der Waals surface area contributed by atoms with Crippen LogP contribution in [0.5, 0.6) is 0 Å². The minimum absolute atomic E-state index is 0.220. The van der Waals surface area contributed by atoms with E-state index in [1.165, 1.54) is 0 Å². The van der Waals surface area contributed by atoms with Gasteiger partial charge in [-0.15, -0.1) is 0 Å². The number of aromatic nitrogens is 2. The van der Waals surface area contributed by atoms with Crippen molar-refractivity contribution in [1.82, 2.24) is 9.78 Å². The molecule has 23 heavy (non-hydrogen) atoms. The van der Waals surface area contributed by atoms with E-state index in [0.29, 0.717) is 28.0 Å². The summed E-state index contributed by atoms with van der Waals surface area (Å²) in [5.74, 6) is 0.382. The summed E-state index contributed by atoms with van der Waals surface area (Å²) >= 11 is 12.0. The second kappa shape index (κ2) is 6.86. The highest BCUT2D eigenvalue weighted by molar-refractivity contribution is 6.31. The molecule has 0 bridgehead atoms. The van der Waals surface area contributed by atoms with Gasteiger partial charge >= 0.3 is 0 Å². The lowest BCUT2D eigenvalue weighted by Gasteiger charge is -2.10. The van der Waals surface area contributed by atoms with Crippen molar-refractivity contribution < 1.29 is 4.79 Å². The molecule has 0 aliphatic carbocycles. The zero-order valence-corrected chi connectivity index (χ0v) is 13.6. The molecule has 3 aromatic rings. The summed E-state index contributed by atoms with van der Waals surface area (Å²) in [5, 5.41) is 8.33. The zero-order chi connectivity index (χ0) is 16.2. The van der Waals surface area contributed by atoms with Gasteiger partial charge in [-0.3, -0.25) is 4.79 Å². The Kier molecular flexibility index (Phi) is 4.65. The molecule has 2 aromatic carbocycles. The summed E-state index contributed by atoms with van der Waals surface area (Å²) in [5.41, 5.74) is 1.46. The van der Waals surface area contributed by atoms with Crippen LogP contribution in [0.3, 0.4) is 0 Å². The Morgan fingerprint density at radius 2 is 1.78 bits per heavy atom. The van der Waals surface area contributed by atoms with Gasteiger partial charge in [0.25, 0.3) is 5.91 Å². The van der Waals surface area contributed by atoms with Crippen molar-refractivity contribution in [2.24, 2.45) is 0 Å². The van der Waals surface area contributed by atoms with Gasteiger partial charge in [-0.25, -0.2) is 4.68 Å². The molecule has 0 radical (unpaired) electrons. The van der Waals surface area contributed by atoms with Crippen LogP contribution in [0.2, 0.25) is 10.0 Å². The number of nitrogens with one attached hydrogen (secondary N) is 1. The van der Waals surface area contributed by atoms with E-state index < -0.39 is 0 Å². The van der Waals surface area contributed by atoms with E-state index in [2.05, 4.69) is 10.4 Å². The van der Waals surface area contributed by atoms with Crippen LogP contribution in [0, 0.1) is 0 Å². The van der Waals surface area contributed by atoms with Crippen molar-refractivity contribution in [1.29, 1.82) is 0 Å². The number of anilines is 1. The van der Waals surface area contributed by atoms with Crippen LogP contribution < -0.4 is 5.32 Å². The zero-order valence-electron chi connectivity index (χ0n) is 12.0. The SMILES string of the molecule is O=C(Nc1ccnn1Cc1ccccc1Cl)c1ccc(Cl)cc1. The van der Waals surface area contributed by atoms with Gasteiger partial charge in [0.2, 0.25) is 0 Å². The number of carbonyl (C=O) groups excluding carboxylic acids is 1. The van der Waals surface area contributed by atoms with Gasteiger partial charge in [0.1, 0.15) is 5.82 Å². The fourth-order valence-corrected chi connectivity index (χ4v) is 2.46. The third kappa shape index (κ3) is 3.73. The Bertz CT molecular complexity index is 828. The second-order valence-electron chi connectivity index (χ2n) is 4.93. The Labute approximate surface area is 143 Å². The molecule has 0 fully saturated rings. The molecule has 0 aliphatic rings. The van der Waals surface area contributed by atoms with Crippen LogP contribution in [0.4, 0.5) is 5.82 Å².